The molecule has 6 amide bonds. The van der Waals surface area contributed by atoms with Crippen molar-refractivity contribution in [1.29, 1.82) is 0 Å². The number of nitrogens with one attached hydrogen (secondary N) is 6. The Balaban J connectivity index is 0.000000649. The third-order valence-electron chi connectivity index (χ3n) is 15.2. The van der Waals surface area contributed by atoms with Gasteiger partial charge in [-0.1, -0.05) is 83.1 Å². The van der Waals surface area contributed by atoms with Gasteiger partial charge < -0.3 is 88.7 Å². The molecule has 6 heterocycles. The molecule has 36 heteroatoms. The van der Waals surface area contributed by atoms with E-state index in [0.717, 1.165) is 72.9 Å². The van der Waals surface area contributed by atoms with Crippen molar-refractivity contribution in [3.63, 3.8) is 0 Å². The Morgan fingerprint density at radius 3 is 0.657 bits per heavy atom. The fourth-order valence-electron chi connectivity index (χ4n) is 9.16. The van der Waals surface area contributed by atoms with E-state index >= 15 is 0 Å². The van der Waals surface area contributed by atoms with E-state index < -0.39 is 146 Å². The molecule has 0 bridgehead atoms. The van der Waals surface area contributed by atoms with E-state index in [0.29, 0.717) is 39.3 Å². The van der Waals surface area contributed by atoms with Crippen LogP contribution in [0.2, 0.25) is 0 Å². The smallest absolute Gasteiger partial charge is 0.331 e. The van der Waals surface area contributed by atoms with Crippen molar-refractivity contribution in [2.45, 2.75) is 173 Å². The summed E-state index contributed by atoms with van der Waals surface area (Å²) in [4.78, 5) is 203. The second-order valence-electron chi connectivity index (χ2n) is 29.5. The summed E-state index contributed by atoms with van der Waals surface area (Å²) in [5.74, 6) is -10.2. The summed E-state index contributed by atoms with van der Waals surface area (Å²) >= 11 is 0. The second-order valence-corrected chi connectivity index (χ2v) is 29.5. The lowest BCUT2D eigenvalue weighted by Crippen LogP contribution is -2.35. The zero-order valence-electron chi connectivity index (χ0n) is 64.7. The largest absolute Gasteiger partial charge is 0.466 e. The Labute approximate surface area is 625 Å². The van der Waals surface area contributed by atoms with Gasteiger partial charge in [0.15, 0.2) is 36.6 Å². The highest BCUT2D eigenvalue weighted by Crippen LogP contribution is 2.32. The SMILES string of the molecule is CC(C)(C)OC(=O)/C=C/C(=O)OC1C(=O)NCC1(C)C.CC(C)OC(=O)/C=C/C(=O)OC1C(=O)NCC1(C)C.CCOC(=O)/C=C/C(=O)OC1C(=O)NCC1(C)C.COC(=O)/C=C/C(=O)OC1C(=O)NCC1(C)C.COC(=O)/C=C/C(=O)O[C@@H]1C(=O)NCC1(C)C.COC(=O)/C=C/C(=O)O[C@H]1C(=O)NCC1(C)C. The highest BCUT2D eigenvalue weighted by Gasteiger charge is 2.49. The van der Waals surface area contributed by atoms with E-state index in [4.69, 9.17) is 37.9 Å². The number of carbonyl (C=O) groups is 18. The van der Waals surface area contributed by atoms with Gasteiger partial charge in [0.05, 0.1) is 34.0 Å². The van der Waals surface area contributed by atoms with Gasteiger partial charge in [0.25, 0.3) is 35.4 Å². The molecule has 0 aromatic carbocycles. The molecule has 6 saturated heterocycles. The number of hydrogen-bond acceptors (Lipinski definition) is 30. The molecule has 0 radical (unpaired) electrons. The first-order valence-electron chi connectivity index (χ1n) is 33.5. The van der Waals surface area contributed by atoms with Crippen molar-refractivity contribution in [1.82, 2.24) is 31.9 Å². The number of amides is 6. The van der Waals surface area contributed by atoms with Gasteiger partial charge in [-0.25, -0.2) is 57.5 Å². The van der Waals surface area contributed by atoms with Crippen LogP contribution in [0.15, 0.2) is 72.9 Å². The lowest BCUT2D eigenvalue weighted by molar-refractivity contribution is -0.154. The Hall–Kier alpha value is -11.1. The van der Waals surface area contributed by atoms with E-state index in [1.165, 1.54) is 21.3 Å². The molecule has 4 unspecified atom stereocenters. The van der Waals surface area contributed by atoms with Crippen LogP contribution in [0, 0.1) is 32.5 Å². The summed E-state index contributed by atoms with van der Waals surface area (Å²) in [7, 11) is 3.60. The van der Waals surface area contributed by atoms with Crippen LogP contribution in [-0.2, 0) is 143 Å². The fourth-order valence-corrected chi connectivity index (χ4v) is 9.16. The van der Waals surface area contributed by atoms with Crippen molar-refractivity contribution >= 4 is 107 Å². The minimum absolute atomic E-state index is 0.232. The van der Waals surface area contributed by atoms with Crippen LogP contribution < -0.4 is 31.9 Å². The molecular formula is C72H102N6O30. The maximum atomic E-state index is 11.6. The molecule has 6 aliphatic rings. The summed E-state index contributed by atoms with van der Waals surface area (Å²) < 4.78 is 57.5. The molecule has 108 heavy (non-hydrogen) atoms. The van der Waals surface area contributed by atoms with E-state index in [9.17, 15) is 86.3 Å². The zero-order valence-corrected chi connectivity index (χ0v) is 64.7. The number of hydrogen-bond donors (Lipinski definition) is 6. The van der Waals surface area contributed by atoms with E-state index in [2.05, 4.69) is 50.8 Å². The van der Waals surface area contributed by atoms with Gasteiger partial charge in [0, 0.05) is 145 Å². The lowest BCUT2D eigenvalue weighted by atomic mass is 9.90. The molecule has 0 saturated carbocycles. The number of ether oxygens (including phenoxy) is 12. The van der Waals surface area contributed by atoms with Crippen LogP contribution >= 0.6 is 0 Å². The molecular weight excluding hydrogens is 1430 g/mol. The molecule has 0 spiro atoms. The Kier molecular flexibility index (Phi) is 37.2. The van der Waals surface area contributed by atoms with Crippen molar-refractivity contribution in [3.05, 3.63) is 72.9 Å². The van der Waals surface area contributed by atoms with Gasteiger partial charge in [-0.3, -0.25) is 28.8 Å². The Morgan fingerprint density at radius 1 is 0.324 bits per heavy atom. The average Bonchev–Trinajstić information content (AvgIpc) is 1.72. The standard InChI is InChI=1S/C14H21NO5.C13H19NO5.C12H17NO5.3C11H15NO5/c1-13(2,3)20-10(17)7-6-9(16)19-11-12(18)15-8-14(11,4)5;1-8(2)18-9(15)5-6-10(16)19-11-12(17)14-7-13(11,3)4;1-4-17-8(14)5-6-9(15)18-10-11(16)13-7-12(10,2)3;3*1-11(2)6-12-10(15)9(11)17-8(14)5-4-7(13)16-3/h6-7,11H,8H2,1-5H3,(H,15,18);5-6,8,11H,7H2,1-4H3,(H,14,17);5-6,10H,4,7H2,1-3H3,(H,13,16);3*4-5,9H,6H2,1-3H3,(H,12,15)/b7-6+;2*6-5+;3*5-4+/t;;;2*9-;/m...10./s1. The van der Waals surface area contributed by atoms with Gasteiger partial charge in [-0.2, -0.15) is 0 Å². The van der Waals surface area contributed by atoms with Crippen molar-refractivity contribution in [2.75, 3.05) is 67.2 Å². The van der Waals surface area contributed by atoms with E-state index in [1.807, 2.05) is 83.1 Å². The second kappa shape index (κ2) is 42.3. The van der Waals surface area contributed by atoms with Crippen LogP contribution in [0.1, 0.15) is 125 Å². The summed E-state index contributed by atoms with van der Waals surface area (Å²) in [6.07, 6.45) is 6.21. The highest BCUT2D eigenvalue weighted by molar-refractivity contribution is 5.98. The summed E-state index contributed by atoms with van der Waals surface area (Å²) in [6.45, 7) is 35.0. The molecule has 0 aromatic heterocycles. The summed E-state index contributed by atoms with van der Waals surface area (Å²) in [5, 5.41) is 15.7. The first kappa shape index (κ1) is 94.9. The maximum absolute atomic E-state index is 11.6. The zero-order chi connectivity index (χ0) is 83.1. The quantitative estimate of drug-likeness (QED) is 0.0563. The van der Waals surface area contributed by atoms with Crippen molar-refractivity contribution in [2.24, 2.45) is 32.5 Å². The van der Waals surface area contributed by atoms with Gasteiger partial charge in [0.1, 0.15) is 5.60 Å². The molecule has 0 aliphatic carbocycles. The number of carbonyl (C=O) groups excluding carboxylic acids is 18. The monoisotopic (exact) mass is 1530 g/mol. The van der Waals surface area contributed by atoms with Gasteiger partial charge in [-0.05, 0) is 41.5 Å². The molecule has 6 fully saturated rings. The highest BCUT2D eigenvalue weighted by atomic mass is 16.6. The average molecular weight is 1530 g/mol. The topological polar surface area (TPSA) is 490 Å². The van der Waals surface area contributed by atoms with Crippen molar-refractivity contribution < 1.29 is 143 Å². The number of esters is 12. The molecule has 6 rings (SSSR count). The third kappa shape index (κ3) is 34.0. The van der Waals surface area contributed by atoms with Crippen LogP contribution in [0.25, 0.3) is 0 Å². The minimum Gasteiger partial charge on any atom is -0.466 e. The van der Waals surface area contributed by atoms with Crippen LogP contribution in [0.5, 0.6) is 0 Å². The first-order valence-corrected chi connectivity index (χ1v) is 33.5. The normalized spacial score (nSPS) is 21.9. The van der Waals surface area contributed by atoms with Crippen molar-refractivity contribution in [3.8, 4) is 0 Å². The summed E-state index contributed by atoms with van der Waals surface area (Å²) in [5.41, 5.74) is -3.36. The predicted octanol–water partition coefficient (Wildman–Crippen LogP) is 1.04. The molecule has 0 aromatic rings. The fraction of sp³-hybridized carbons (Fsp3) is 0.583. The van der Waals surface area contributed by atoms with Crippen LogP contribution in [0.3, 0.4) is 0 Å². The molecule has 600 valence electrons. The van der Waals surface area contributed by atoms with E-state index in [1.54, 1.807) is 41.5 Å². The van der Waals surface area contributed by atoms with Crippen LogP contribution in [0.4, 0.5) is 0 Å². The minimum atomic E-state index is -0.849. The van der Waals surface area contributed by atoms with Crippen LogP contribution in [-0.4, -0.2) is 223 Å². The lowest BCUT2D eigenvalue weighted by Gasteiger charge is -2.22. The van der Waals surface area contributed by atoms with Gasteiger partial charge >= 0.3 is 71.6 Å². The third-order valence-corrected chi connectivity index (χ3v) is 15.2. The molecule has 6 atom stereocenters. The predicted molar refractivity (Wildman–Crippen MR) is 375 cm³/mol. The van der Waals surface area contributed by atoms with Gasteiger partial charge in [0.2, 0.25) is 0 Å². The Morgan fingerprint density at radius 2 is 0.500 bits per heavy atom. The Bertz CT molecular complexity index is 3350. The maximum Gasteiger partial charge on any atom is 0.331 e. The van der Waals surface area contributed by atoms with Gasteiger partial charge in [-0.15, -0.1) is 0 Å². The number of rotatable bonds is 20. The molecule has 36 nitrogen and oxygen atoms in total. The first-order chi connectivity index (χ1) is 49.7. The molecule has 6 aliphatic heterocycles. The van der Waals surface area contributed by atoms with E-state index in [-0.39, 0.29) is 48.2 Å². The molecule has 6 N–H and O–H groups in total. The number of methoxy groups -OCH3 is 3. The summed E-state index contributed by atoms with van der Waals surface area (Å²) in [6, 6.07) is 0.